The Hall–Kier alpha value is -1.09. The van der Waals surface area contributed by atoms with Crippen LogP contribution in [0.5, 0.6) is 0 Å². The lowest BCUT2D eigenvalue weighted by Crippen LogP contribution is -2.43. The van der Waals surface area contributed by atoms with E-state index in [-0.39, 0.29) is 19.2 Å². The van der Waals surface area contributed by atoms with E-state index >= 15 is 0 Å². The van der Waals surface area contributed by atoms with Crippen molar-refractivity contribution in [2.24, 2.45) is 0 Å². The Bertz CT molecular complexity index is 621. The lowest BCUT2D eigenvalue weighted by Gasteiger charge is -2.31. The first kappa shape index (κ1) is 16.3. The largest absolute Gasteiger partial charge is 0.391 e. The average molecular weight is 321 g/mol. The first-order valence-corrected chi connectivity index (χ1v) is 7.96. The minimum atomic E-state index is -4.08. The summed E-state index contributed by atoms with van der Waals surface area (Å²) in [6.45, 7) is -0.515. The van der Waals surface area contributed by atoms with Crippen LogP contribution in [0.2, 0.25) is 0 Å². The quantitative estimate of drug-likeness (QED) is 0.906. The molecule has 8 heteroatoms. The molecule has 0 saturated carbocycles. The summed E-state index contributed by atoms with van der Waals surface area (Å²) >= 11 is 0. The van der Waals surface area contributed by atoms with Crippen LogP contribution in [0, 0.1) is 11.6 Å². The zero-order chi connectivity index (χ0) is 15.6. The van der Waals surface area contributed by atoms with Crippen molar-refractivity contribution in [3.8, 4) is 0 Å². The van der Waals surface area contributed by atoms with Crippen molar-refractivity contribution in [2.45, 2.75) is 30.4 Å². The third-order valence-corrected chi connectivity index (χ3v) is 5.48. The normalized spacial score (nSPS) is 20.7. The summed E-state index contributed by atoms with van der Waals surface area (Å²) in [6, 6.07) is 1.73. The molecule has 1 unspecified atom stereocenters. The fraction of sp³-hybridized carbons (Fsp3) is 0.538. The van der Waals surface area contributed by atoms with Crippen LogP contribution in [0.3, 0.4) is 0 Å². The second-order valence-corrected chi connectivity index (χ2v) is 6.77. The van der Waals surface area contributed by atoms with Crippen molar-refractivity contribution in [2.75, 3.05) is 20.2 Å². The molecule has 0 amide bonds. The van der Waals surface area contributed by atoms with Gasteiger partial charge < -0.3 is 9.84 Å². The van der Waals surface area contributed by atoms with Gasteiger partial charge >= 0.3 is 0 Å². The molecule has 1 aromatic carbocycles. The number of rotatable bonds is 4. The lowest BCUT2D eigenvalue weighted by molar-refractivity contribution is 0.0571. The molecule has 1 fully saturated rings. The third kappa shape index (κ3) is 3.08. The molecule has 0 bridgehead atoms. The molecule has 5 nitrogen and oxygen atoms in total. The predicted octanol–water partition coefficient (Wildman–Crippen LogP) is 1.26. The summed E-state index contributed by atoms with van der Waals surface area (Å²) in [5.41, 5.74) is -0.642. The van der Waals surface area contributed by atoms with Gasteiger partial charge in [0.1, 0.15) is 10.7 Å². The van der Waals surface area contributed by atoms with Crippen LogP contribution in [-0.2, 0) is 21.4 Å². The molecule has 0 spiro atoms. The molecule has 1 aliphatic rings. The molecule has 1 N–H and O–H groups in total. The highest BCUT2D eigenvalue weighted by molar-refractivity contribution is 7.89. The zero-order valence-corrected chi connectivity index (χ0v) is 12.4. The van der Waals surface area contributed by atoms with Gasteiger partial charge in [-0.05, 0) is 25.0 Å². The number of benzene rings is 1. The van der Waals surface area contributed by atoms with Crippen LogP contribution < -0.4 is 0 Å². The number of piperidine rings is 1. The predicted molar refractivity (Wildman–Crippen MR) is 71.1 cm³/mol. The van der Waals surface area contributed by atoms with E-state index in [1.165, 1.54) is 7.11 Å². The minimum absolute atomic E-state index is 0.129. The zero-order valence-electron chi connectivity index (χ0n) is 11.6. The van der Waals surface area contributed by atoms with Gasteiger partial charge in [-0.2, -0.15) is 4.31 Å². The number of hydrogen-bond acceptors (Lipinski definition) is 4. The molecule has 1 saturated heterocycles. The third-order valence-electron chi connectivity index (χ3n) is 3.60. The maximum atomic E-state index is 14.1. The van der Waals surface area contributed by atoms with Gasteiger partial charge in [0.15, 0.2) is 5.82 Å². The Balaban J connectivity index is 2.40. The second kappa shape index (κ2) is 6.35. The lowest BCUT2D eigenvalue weighted by atomic mass is 10.1. The van der Waals surface area contributed by atoms with E-state index in [2.05, 4.69) is 0 Å². The van der Waals surface area contributed by atoms with E-state index in [4.69, 9.17) is 9.84 Å². The number of ether oxygens (including phenoxy) is 1. The number of halogens is 2. The minimum Gasteiger partial charge on any atom is -0.391 e. The van der Waals surface area contributed by atoms with Crippen LogP contribution in [0.1, 0.15) is 18.4 Å². The van der Waals surface area contributed by atoms with Gasteiger partial charge in [-0.1, -0.05) is 0 Å². The molecule has 21 heavy (non-hydrogen) atoms. The van der Waals surface area contributed by atoms with Crippen molar-refractivity contribution >= 4 is 10.0 Å². The summed E-state index contributed by atoms with van der Waals surface area (Å²) in [6.07, 6.45) is 1.10. The molecule has 0 aromatic heterocycles. The van der Waals surface area contributed by atoms with Crippen molar-refractivity contribution in [3.63, 3.8) is 0 Å². The average Bonchev–Trinajstić information content (AvgIpc) is 2.47. The second-order valence-electron chi connectivity index (χ2n) is 4.86. The number of nitrogens with zero attached hydrogens (tertiary/aromatic N) is 1. The topological polar surface area (TPSA) is 66.8 Å². The SMILES string of the molecule is COC1CCCN(S(=O)(=O)c2ccc(F)c(CO)c2F)C1. The van der Waals surface area contributed by atoms with E-state index in [1.807, 2.05) is 0 Å². The first-order chi connectivity index (χ1) is 9.91. The Kier molecular flexibility index (Phi) is 4.92. The highest BCUT2D eigenvalue weighted by atomic mass is 32.2. The number of methoxy groups -OCH3 is 1. The molecule has 1 atom stereocenters. The van der Waals surface area contributed by atoms with Crippen molar-refractivity contribution in [1.29, 1.82) is 0 Å². The molecule has 1 aliphatic heterocycles. The summed E-state index contributed by atoms with van der Waals surface area (Å²) < 4.78 is 58.7. The Morgan fingerprint density at radius 3 is 2.76 bits per heavy atom. The Morgan fingerprint density at radius 1 is 1.43 bits per heavy atom. The van der Waals surface area contributed by atoms with E-state index in [1.54, 1.807) is 0 Å². The maximum absolute atomic E-state index is 14.1. The fourth-order valence-corrected chi connectivity index (χ4v) is 3.97. The van der Waals surface area contributed by atoms with Crippen LogP contribution in [0.15, 0.2) is 17.0 Å². The van der Waals surface area contributed by atoms with Crippen LogP contribution in [-0.4, -0.2) is 44.1 Å². The summed E-state index contributed by atoms with van der Waals surface area (Å²) in [5.74, 6) is -2.21. The number of aliphatic hydroxyl groups is 1. The molecular formula is C13H17F2NO4S. The number of aliphatic hydroxyl groups excluding tert-OH is 1. The van der Waals surface area contributed by atoms with Gasteiger partial charge in [0, 0.05) is 20.2 Å². The van der Waals surface area contributed by atoms with Gasteiger partial charge in [-0.25, -0.2) is 17.2 Å². The van der Waals surface area contributed by atoms with Crippen LogP contribution in [0.25, 0.3) is 0 Å². The Labute approximate surface area is 122 Å². The van der Waals surface area contributed by atoms with Crippen molar-refractivity contribution < 1.29 is 27.0 Å². The van der Waals surface area contributed by atoms with Gasteiger partial charge in [0.05, 0.1) is 18.3 Å². The van der Waals surface area contributed by atoms with E-state index in [0.717, 1.165) is 22.9 Å². The molecule has 2 rings (SSSR count). The number of hydrogen-bond donors (Lipinski definition) is 1. The van der Waals surface area contributed by atoms with Gasteiger partial charge in [0.25, 0.3) is 0 Å². The van der Waals surface area contributed by atoms with Crippen LogP contribution >= 0.6 is 0 Å². The standard InChI is InChI=1S/C13H17F2NO4S/c1-20-9-3-2-6-16(7-9)21(18,19)12-5-4-11(14)10(8-17)13(12)15/h4-5,9,17H,2-3,6-8H2,1H3. The van der Waals surface area contributed by atoms with E-state index in [0.29, 0.717) is 6.42 Å². The van der Waals surface area contributed by atoms with Gasteiger partial charge in [-0.3, -0.25) is 0 Å². The summed E-state index contributed by atoms with van der Waals surface area (Å²) in [5, 5.41) is 8.97. The van der Waals surface area contributed by atoms with Gasteiger partial charge in [-0.15, -0.1) is 0 Å². The first-order valence-electron chi connectivity index (χ1n) is 6.52. The molecule has 1 heterocycles. The molecule has 118 valence electrons. The fourth-order valence-electron chi connectivity index (χ4n) is 2.38. The smallest absolute Gasteiger partial charge is 0.246 e. The maximum Gasteiger partial charge on any atom is 0.246 e. The van der Waals surface area contributed by atoms with Crippen molar-refractivity contribution in [3.05, 3.63) is 29.3 Å². The highest BCUT2D eigenvalue weighted by Crippen LogP contribution is 2.26. The molecule has 1 aromatic rings. The molecule has 0 aliphatic carbocycles. The molecular weight excluding hydrogens is 304 g/mol. The summed E-state index contributed by atoms with van der Waals surface area (Å²) in [7, 11) is -2.60. The summed E-state index contributed by atoms with van der Waals surface area (Å²) in [4.78, 5) is -0.621. The number of sulfonamides is 1. The van der Waals surface area contributed by atoms with E-state index < -0.39 is 38.7 Å². The van der Waals surface area contributed by atoms with Gasteiger partial charge in [0.2, 0.25) is 10.0 Å². The van der Waals surface area contributed by atoms with Crippen molar-refractivity contribution in [1.82, 2.24) is 4.31 Å². The van der Waals surface area contributed by atoms with E-state index in [9.17, 15) is 17.2 Å². The van der Waals surface area contributed by atoms with Crippen LogP contribution in [0.4, 0.5) is 8.78 Å². The molecule has 0 radical (unpaired) electrons. The monoisotopic (exact) mass is 321 g/mol. The highest BCUT2D eigenvalue weighted by Gasteiger charge is 2.33. The Morgan fingerprint density at radius 2 is 2.14 bits per heavy atom.